The second-order valence-electron chi connectivity index (χ2n) is 6.63. The summed E-state index contributed by atoms with van der Waals surface area (Å²) in [6.07, 6.45) is 0.655. The highest BCUT2D eigenvalue weighted by molar-refractivity contribution is 5.86. The summed E-state index contributed by atoms with van der Waals surface area (Å²) in [5.74, 6) is -1.02. The van der Waals surface area contributed by atoms with E-state index in [0.717, 1.165) is 12.0 Å². The Labute approximate surface area is 153 Å². The van der Waals surface area contributed by atoms with Gasteiger partial charge in [-0.25, -0.2) is 0 Å². The van der Waals surface area contributed by atoms with Gasteiger partial charge in [-0.2, -0.15) is 0 Å². The van der Waals surface area contributed by atoms with Crippen molar-refractivity contribution in [3.05, 3.63) is 71.8 Å². The van der Waals surface area contributed by atoms with Gasteiger partial charge in [0.2, 0.25) is 5.91 Å². The highest BCUT2D eigenvalue weighted by Gasteiger charge is 2.35. The van der Waals surface area contributed by atoms with Crippen LogP contribution in [-0.4, -0.2) is 52.5 Å². The maximum Gasteiger partial charge on any atom is 0.305 e. The first kappa shape index (κ1) is 18.1. The van der Waals surface area contributed by atoms with E-state index in [1.165, 1.54) is 5.56 Å². The van der Waals surface area contributed by atoms with E-state index < -0.39 is 12.0 Å². The van der Waals surface area contributed by atoms with Gasteiger partial charge in [-0.3, -0.25) is 14.5 Å². The van der Waals surface area contributed by atoms with Gasteiger partial charge in [-0.1, -0.05) is 60.7 Å². The monoisotopic (exact) mass is 352 g/mol. The molecule has 1 unspecified atom stereocenters. The van der Waals surface area contributed by atoms with Crippen LogP contribution in [0.3, 0.4) is 0 Å². The number of piperazine rings is 1. The Morgan fingerprint density at radius 1 is 0.962 bits per heavy atom. The highest BCUT2D eigenvalue weighted by Crippen LogP contribution is 2.18. The predicted octanol–water partition coefficient (Wildman–Crippen LogP) is 2.42. The lowest BCUT2D eigenvalue weighted by Crippen LogP contribution is -2.57. The largest absolute Gasteiger partial charge is 0.481 e. The summed E-state index contributed by atoms with van der Waals surface area (Å²) in [6.45, 7) is 2.54. The number of benzene rings is 2. The van der Waals surface area contributed by atoms with Gasteiger partial charge in [0.05, 0.1) is 12.5 Å². The molecule has 136 valence electrons. The summed E-state index contributed by atoms with van der Waals surface area (Å²) in [4.78, 5) is 28.0. The second-order valence-corrected chi connectivity index (χ2v) is 6.63. The molecular formula is C21H24N2O3. The lowest BCUT2D eigenvalue weighted by molar-refractivity contribution is -0.149. The molecule has 2 aromatic carbocycles. The minimum atomic E-state index is -0.936. The smallest absolute Gasteiger partial charge is 0.305 e. The van der Waals surface area contributed by atoms with Crippen LogP contribution in [-0.2, 0) is 22.6 Å². The van der Waals surface area contributed by atoms with Crippen molar-refractivity contribution < 1.29 is 14.7 Å². The molecule has 0 aliphatic carbocycles. The number of carbonyl (C=O) groups is 2. The number of hydrogen-bond acceptors (Lipinski definition) is 3. The molecule has 1 atom stereocenters. The molecule has 0 radical (unpaired) electrons. The topological polar surface area (TPSA) is 60.9 Å². The molecule has 1 saturated heterocycles. The first-order chi connectivity index (χ1) is 12.6. The lowest BCUT2D eigenvalue weighted by atomic mass is 10.0. The molecular weight excluding hydrogens is 328 g/mol. The highest BCUT2D eigenvalue weighted by atomic mass is 16.4. The van der Waals surface area contributed by atoms with E-state index in [1.54, 1.807) is 4.90 Å². The number of hydrogen-bond donors (Lipinski definition) is 1. The van der Waals surface area contributed by atoms with Crippen LogP contribution in [0.5, 0.6) is 0 Å². The normalized spacial score (nSPS) is 18.1. The van der Waals surface area contributed by atoms with Crippen LogP contribution in [0.25, 0.3) is 0 Å². The van der Waals surface area contributed by atoms with E-state index in [9.17, 15) is 14.7 Å². The van der Waals surface area contributed by atoms with E-state index >= 15 is 0 Å². The second kappa shape index (κ2) is 8.63. The molecule has 1 N–H and O–H groups in total. The van der Waals surface area contributed by atoms with Crippen LogP contribution in [0.2, 0.25) is 0 Å². The summed E-state index contributed by atoms with van der Waals surface area (Å²) in [7, 11) is 0. The molecule has 26 heavy (non-hydrogen) atoms. The van der Waals surface area contributed by atoms with E-state index in [0.29, 0.717) is 26.2 Å². The standard InChI is InChI=1S/C21H24N2O3/c24-20(25)15-19-21(26)23(16-18-9-5-2-6-10-18)14-13-22(19)12-11-17-7-3-1-4-8-17/h1-10,19H,11-16H2,(H,24,25). The van der Waals surface area contributed by atoms with Crippen LogP contribution in [0.1, 0.15) is 17.5 Å². The molecule has 0 bridgehead atoms. The minimum Gasteiger partial charge on any atom is -0.481 e. The van der Waals surface area contributed by atoms with E-state index in [1.807, 2.05) is 53.4 Å². The first-order valence-electron chi connectivity index (χ1n) is 8.96. The van der Waals surface area contributed by atoms with Crippen molar-refractivity contribution in [3.8, 4) is 0 Å². The maximum absolute atomic E-state index is 12.9. The lowest BCUT2D eigenvalue weighted by Gasteiger charge is -2.40. The van der Waals surface area contributed by atoms with Crippen molar-refractivity contribution in [2.45, 2.75) is 25.4 Å². The third-order valence-corrected chi connectivity index (χ3v) is 4.81. The van der Waals surface area contributed by atoms with Gasteiger partial charge >= 0.3 is 5.97 Å². The number of carboxylic acid groups (broad SMARTS) is 1. The molecule has 5 nitrogen and oxygen atoms in total. The quantitative estimate of drug-likeness (QED) is 0.831. The van der Waals surface area contributed by atoms with Crippen LogP contribution in [0.15, 0.2) is 60.7 Å². The zero-order valence-electron chi connectivity index (χ0n) is 14.8. The molecule has 1 heterocycles. The molecule has 1 aliphatic heterocycles. The molecule has 1 aliphatic rings. The van der Waals surface area contributed by atoms with Gasteiger partial charge in [-0.15, -0.1) is 0 Å². The molecule has 1 fully saturated rings. The number of carbonyl (C=O) groups excluding carboxylic acids is 1. The number of rotatable bonds is 7. The minimum absolute atomic E-state index is 0.0874. The third-order valence-electron chi connectivity index (χ3n) is 4.81. The number of carboxylic acids is 1. The van der Waals surface area contributed by atoms with E-state index in [4.69, 9.17) is 0 Å². The molecule has 0 saturated carbocycles. The Hall–Kier alpha value is -2.66. The van der Waals surface area contributed by atoms with Crippen LogP contribution in [0.4, 0.5) is 0 Å². The fraction of sp³-hybridized carbons (Fsp3) is 0.333. The Balaban J connectivity index is 1.67. The van der Waals surface area contributed by atoms with Crippen LogP contribution < -0.4 is 0 Å². The Kier molecular flexibility index (Phi) is 6.02. The van der Waals surface area contributed by atoms with Gasteiger partial charge in [0, 0.05) is 26.2 Å². The average Bonchev–Trinajstić information content (AvgIpc) is 2.65. The molecule has 5 heteroatoms. The van der Waals surface area contributed by atoms with Crippen molar-refractivity contribution in [2.75, 3.05) is 19.6 Å². The van der Waals surface area contributed by atoms with Crippen molar-refractivity contribution >= 4 is 11.9 Å². The fourth-order valence-corrected chi connectivity index (χ4v) is 3.41. The third kappa shape index (κ3) is 4.70. The van der Waals surface area contributed by atoms with Crippen molar-refractivity contribution in [1.29, 1.82) is 0 Å². The van der Waals surface area contributed by atoms with E-state index in [2.05, 4.69) is 12.1 Å². The van der Waals surface area contributed by atoms with Gasteiger partial charge in [0.1, 0.15) is 0 Å². The fourth-order valence-electron chi connectivity index (χ4n) is 3.41. The van der Waals surface area contributed by atoms with Gasteiger partial charge < -0.3 is 10.0 Å². The summed E-state index contributed by atoms with van der Waals surface area (Å²) in [5, 5.41) is 9.27. The molecule has 2 aromatic rings. The Bertz CT molecular complexity index is 733. The van der Waals surface area contributed by atoms with Crippen molar-refractivity contribution in [1.82, 2.24) is 9.80 Å². The van der Waals surface area contributed by atoms with Crippen LogP contribution in [0, 0.1) is 0 Å². The van der Waals surface area contributed by atoms with Gasteiger partial charge in [0.15, 0.2) is 0 Å². The first-order valence-corrected chi connectivity index (χ1v) is 8.96. The molecule has 0 aromatic heterocycles. The zero-order valence-corrected chi connectivity index (χ0v) is 14.8. The number of nitrogens with zero attached hydrogens (tertiary/aromatic N) is 2. The average molecular weight is 352 g/mol. The zero-order chi connectivity index (χ0) is 18.4. The summed E-state index contributed by atoms with van der Waals surface area (Å²) in [5.41, 5.74) is 2.26. The number of amides is 1. The van der Waals surface area contributed by atoms with Crippen molar-refractivity contribution in [3.63, 3.8) is 0 Å². The van der Waals surface area contributed by atoms with Gasteiger partial charge in [0.25, 0.3) is 0 Å². The van der Waals surface area contributed by atoms with Crippen molar-refractivity contribution in [2.24, 2.45) is 0 Å². The SMILES string of the molecule is O=C(O)CC1C(=O)N(Cc2ccccc2)CCN1CCc1ccccc1. The number of aliphatic carboxylic acids is 1. The Morgan fingerprint density at radius 3 is 2.19 bits per heavy atom. The maximum atomic E-state index is 12.9. The molecule has 0 spiro atoms. The van der Waals surface area contributed by atoms with E-state index in [-0.39, 0.29) is 12.3 Å². The summed E-state index contributed by atoms with van der Waals surface area (Å²) >= 11 is 0. The molecule has 1 amide bonds. The summed E-state index contributed by atoms with van der Waals surface area (Å²) < 4.78 is 0. The summed E-state index contributed by atoms with van der Waals surface area (Å²) in [6, 6.07) is 19.3. The van der Waals surface area contributed by atoms with Crippen LogP contribution >= 0.6 is 0 Å². The van der Waals surface area contributed by atoms with Gasteiger partial charge in [-0.05, 0) is 17.5 Å². The predicted molar refractivity (Wildman–Crippen MR) is 99.6 cm³/mol. The molecule has 3 rings (SSSR count). The Morgan fingerprint density at radius 2 is 1.58 bits per heavy atom.